The lowest BCUT2D eigenvalue weighted by Crippen LogP contribution is -2.26. The minimum Gasteiger partial charge on any atom is -0.324 e. The summed E-state index contributed by atoms with van der Waals surface area (Å²) in [6.45, 7) is 1.77. The molecule has 1 heterocycles. The van der Waals surface area contributed by atoms with Crippen LogP contribution in [0.5, 0.6) is 0 Å². The van der Waals surface area contributed by atoms with Crippen LogP contribution in [0.15, 0.2) is 41.3 Å². The molecule has 0 fully saturated rings. The number of hydrogen-bond acceptors (Lipinski definition) is 3. The molecule has 1 aliphatic rings. The number of fused-ring (bicyclic) bond motifs is 1. The summed E-state index contributed by atoms with van der Waals surface area (Å²) in [5.74, 6) is -0.770. The van der Waals surface area contributed by atoms with Gasteiger partial charge in [0, 0.05) is 16.1 Å². The largest absolute Gasteiger partial charge is 0.417 e. The summed E-state index contributed by atoms with van der Waals surface area (Å²) in [7, 11) is 0. The number of hydrogen-bond donors (Lipinski definition) is 2. The first kappa shape index (κ1) is 18.6. The first-order chi connectivity index (χ1) is 12.1. The number of rotatable bonds is 2. The minimum absolute atomic E-state index is 0.0310. The molecule has 1 aliphatic heterocycles. The summed E-state index contributed by atoms with van der Waals surface area (Å²) in [6.07, 6.45) is -4.62. The van der Waals surface area contributed by atoms with Crippen LogP contribution in [0, 0.1) is 0 Å². The molecule has 0 bridgehead atoms. The molecule has 0 saturated heterocycles. The van der Waals surface area contributed by atoms with Crippen molar-refractivity contribution in [2.75, 3.05) is 10.6 Å². The highest BCUT2D eigenvalue weighted by molar-refractivity contribution is 8.00. The number of alkyl halides is 3. The van der Waals surface area contributed by atoms with Gasteiger partial charge >= 0.3 is 6.18 Å². The summed E-state index contributed by atoms with van der Waals surface area (Å²) in [4.78, 5) is 24.9. The van der Waals surface area contributed by atoms with Gasteiger partial charge in [-0.15, -0.1) is 11.8 Å². The van der Waals surface area contributed by atoms with Gasteiger partial charge < -0.3 is 10.6 Å². The van der Waals surface area contributed by atoms with Crippen LogP contribution in [0.1, 0.15) is 22.8 Å². The molecule has 0 spiro atoms. The van der Waals surface area contributed by atoms with Crippen LogP contribution in [0.3, 0.4) is 0 Å². The Bertz CT molecular complexity index is 902. The van der Waals surface area contributed by atoms with Gasteiger partial charge in [0.1, 0.15) is 0 Å². The summed E-state index contributed by atoms with van der Waals surface area (Å²) >= 11 is 6.93. The van der Waals surface area contributed by atoms with Crippen LogP contribution >= 0.6 is 23.4 Å². The van der Waals surface area contributed by atoms with E-state index in [1.165, 1.54) is 23.9 Å². The van der Waals surface area contributed by atoms with E-state index in [9.17, 15) is 22.8 Å². The van der Waals surface area contributed by atoms with E-state index >= 15 is 0 Å². The fourth-order valence-corrected chi connectivity index (χ4v) is 3.53. The molecule has 2 aromatic rings. The maximum atomic E-state index is 12.9. The smallest absolute Gasteiger partial charge is 0.324 e. The molecule has 2 N–H and O–H groups in total. The van der Waals surface area contributed by atoms with Crippen molar-refractivity contribution in [2.45, 2.75) is 23.2 Å². The van der Waals surface area contributed by atoms with Gasteiger partial charge in [-0.3, -0.25) is 9.59 Å². The number of carbonyl (C=O) groups excluding carboxylic acids is 2. The Morgan fingerprint density at radius 2 is 1.96 bits per heavy atom. The number of nitrogens with one attached hydrogen (secondary N) is 2. The molecule has 4 nitrogen and oxygen atoms in total. The van der Waals surface area contributed by atoms with E-state index in [-0.39, 0.29) is 22.4 Å². The molecule has 0 aromatic heterocycles. The number of halogens is 4. The van der Waals surface area contributed by atoms with Crippen LogP contribution in [-0.2, 0) is 11.0 Å². The molecule has 1 unspecified atom stereocenters. The molecule has 0 aliphatic carbocycles. The van der Waals surface area contributed by atoms with Crippen LogP contribution < -0.4 is 10.6 Å². The first-order valence-electron chi connectivity index (χ1n) is 7.45. The van der Waals surface area contributed by atoms with Crippen molar-refractivity contribution >= 4 is 46.6 Å². The van der Waals surface area contributed by atoms with Crippen LogP contribution in [0.4, 0.5) is 24.5 Å². The zero-order chi connectivity index (χ0) is 19.1. The third-order valence-electron chi connectivity index (χ3n) is 3.70. The molecule has 1 atom stereocenters. The highest BCUT2D eigenvalue weighted by atomic mass is 35.5. The van der Waals surface area contributed by atoms with Crippen LogP contribution in [0.2, 0.25) is 5.02 Å². The molecule has 2 aromatic carbocycles. The average Bonchev–Trinajstić information content (AvgIpc) is 2.56. The van der Waals surface area contributed by atoms with E-state index in [4.69, 9.17) is 11.6 Å². The standard InChI is InChI=1S/C17H12ClF3N2O2S/c1-8-15(24)23-13-6-9(2-5-14(13)26-8)16(25)22-10-3-4-12(18)11(7-10)17(19,20)21/h2-8H,1H3,(H,22,25)(H,23,24). The minimum atomic E-state index is -4.62. The summed E-state index contributed by atoms with van der Waals surface area (Å²) in [5, 5.41) is 4.42. The lowest BCUT2D eigenvalue weighted by Gasteiger charge is -2.21. The molecule has 2 amide bonds. The monoisotopic (exact) mass is 400 g/mol. The fourth-order valence-electron chi connectivity index (χ4n) is 2.37. The lowest BCUT2D eigenvalue weighted by atomic mass is 10.1. The number of amides is 2. The van der Waals surface area contributed by atoms with Crippen molar-refractivity contribution in [2.24, 2.45) is 0 Å². The van der Waals surface area contributed by atoms with Gasteiger partial charge in [0.15, 0.2) is 0 Å². The predicted molar refractivity (Wildman–Crippen MR) is 94.8 cm³/mol. The molecule has 0 saturated carbocycles. The first-order valence-corrected chi connectivity index (χ1v) is 8.70. The van der Waals surface area contributed by atoms with E-state index in [0.717, 1.165) is 17.0 Å². The van der Waals surface area contributed by atoms with Gasteiger partial charge in [-0.25, -0.2) is 0 Å². The molecule has 9 heteroatoms. The Balaban J connectivity index is 1.83. The van der Waals surface area contributed by atoms with E-state index in [1.807, 2.05) is 0 Å². The van der Waals surface area contributed by atoms with E-state index < -0.39 is 22.7 Å². The molecule has 136 valence electrons. The highest BCUT2D eigenvalue weighted by Crippen LogP contribution is 2.37. The molecule has 26 heavy (non-hydrogen) atoms. The maximum absolute atomic E-state index is 12.9. The normalized spacial score (nSPS) is 16.7. The van der Waals surface area contributed by atoms with Gasteiger partial charge in [0.25, 0.3) is 5.91 Å². The van der Waals surface area contributed by atoms with Gasteiger partial charge in [0.2, 0.25) is 5.91 Å². The summed E-state index contributed by atoms with van der Waals surface area (Å²) in [5.41, 5.74) is -0.350. The van der Waals surface area contributed by atoms with E-state index in [1.54, 1.807) is 19.1 Å². The maximum Gasteiger partial charge on any atom is 0.417 e. The van der Waals surface area contributed by atoms with Crippen molar-refractivity contribution in [1.29, 1.82) is 0 Å². The number of anilines is 2. The Labute approximate surface area is 156 Å². The quantitative estimate of drug-likeness (QED) is 0.742. The van der Waals surface area contributed by atoms with Crippen molar-refractivity contribution in [3.05, 3.63) is 52.5 Å². The van der Waals surface area contributed by atoms with Crippen LogP contribution in [-0.4, -0.2) is 17.1 Å². The topological polar surface area (TPSA) is 58.2 Å². The second-order valence-corrected chi connectivity index (χ2v) is 7.40. The number of thioether (sulfide) groups is 1. The number of carbonyl (C=O) groups is 2. The average molecular weight is 401 g/mol. The predicted octanol–water partition coefficient (Wildman–Crippen LogP) is 5.04. The molecular weight excluding hydrogens is 389 g/mol. The molecular formula is C17H12ClF3N2O2S. The lowest BCUT2D eigenvalue weighted by molar-refractivity contribution is -0.137. The summed E-state index contributed by atoms with van der Waals surface area (Å²) < 4.78 is 38.7. The Kier molecular flexibility index (Phi) is 4.90. The Morgan fingerprint density at radius 3 is 2.65 bits per heavy atom. The SMILES string of the molecule is CC1Sc2ccc(C(=O)Nc3ccc(Cl)c(C(F)(F)F)c3)cc2NC1=O. The highest BCUT2D eigenvalue weighted by Gasteiger charge is 2.33. The second kappa shape index (κ2) is 6.85. The zero-order valence-electron chi connectivity index (χ0n) is 13.3. The van der Waals surface area contributed by atoms with Gasteiger partial charge in [-0.1, -0.05) is 11.6 Å². The number of benzene rings is 2. The second-order valence-electron chi connectivity index (χ2n) is 5.61. The van der Waals surface area contributed by atoms with Gasteiger partial charge in [0.05, 0.1) is 21.5 Å². The molecule has 3 rings (SSSR count). The van der Waals surface area contributed by atoms with Crippen molar-refractivity contribution in [1.82, 2.24) is 0 Å². The summed E-state index contributed by atoms with van der Waals surface area (Å²) in [6, 6.07) is 7.86. The fraction of sp³-hybridized carbons (Fsp3) is 0.176. The van der Waals surface area contributed by atoms with Crippen molar-refractivity contribution in [3.63, 3.8) is 0 Å². The van der Waals surface area contributed by atoms with E-state index in [0.29, 0.717) is 5.69 Å². The zero-order valence-corrected chi connectivity index (χ0v) is 14.9. The Hall–Kier alpha value is -2.19. The van der Waals surface area contributed by atoms with Gasteiger partial charge in [-0.2, -0.15) is 13.2 Å². The third-order valence-corrected chi connectivity index (χ3v) is 5.21. The van der Waals surface area contributed by atoms with Crippen molar-refractivity contribution < 1.29 is 22.8 Å². The molecule has 0 radical (unpaired) electrons. The third kappa shape index (κ3) is 3.81. The van der Waals surface area contributed by atoms with Crippen LogP contribution in [0.25, 0.3) is 0 Å². The van der Waals surface area contributed by atoms with E-state index in [2.05, 4.69) is 10.6 Å². The van der Waals surface area contributed by atoms with Gasteiger partial charge in [-0.05, 0) is 43.3 Å². The Morgan fingerprint density at radius 1 is 1.23 bits per heavy atom. The van der Waals surface area contributed by atoms with Crippen molar-refractivity contribution in [3.8, 4) is 0 Å².